The lowest BCUT2D eigenvalue weighted by molar-refractivity contribution is -0.121. The molecular formula is C20H23F2N5O5S. The van der Waals surface area contributed by atoms with E-state index in [1.54, 1.807) is 13.8 Å². The third kappa shape index (κ3) is 4.32. The number of aromatic nitrogens is 4. The highest BCUT2D eigenvalue weighted by atomic mass is 32.2. The van der Waals surface area contributed by atoms with Crippen molar-refractivity contribution < 1.29 is 22.0 Å². The van der Waals surface area contributed by atoms with Crippen LogP contribution in [0.3, 0.4) is 0 Å². The first kappa shape index (κ1) is 24.3. The average molecular weight is 483 g/mol. The van der Waals surface area contributed by atoms with Gasteiger partial charge in [-0.25, -0.2) is 22.0 Å². The Morgan fingerprint density at radius 1 is 1.15 bits per heavy atom. The lowest BCUT2D eigenvalue weighted by atomic mass is 10.0. The van der Waals surface area contributed by atoms with Gasteiger partial charge in [0, 0.05) is 29.3 Å². The van der Waals surface area contributed by atoms with E-state index in [0.29, 0.717) is 11.9 Å². The van der Waals surface area contributed by atoms with E-state index in [4.69, 9.17) is 0 Å². The number of carbonyl (C=O) groups is 1. The number of halogens is 2. The topological polar surface area (TPSA) is 127 Å². The Kier molecular flexibility index (Phi) is 6.29. The second kappa shape index (κ2) is 8.54. The van der Waals surface area contributed by atoms with Crippen LogP contribution in [0.4, 0.5) is 8.78 Å². The molecule has 33 heavy (non-hydrogen) atoms. The Morgan fingerprint density at radius 3 is 2.30 bits per heavy atom. The van der Waals surface area contributed by atoms with Gasteiger partial charge in [0.25, 0.3) is 27.9 Å². The van der Waals surface area contributed by atoms with E-state index in [2.05, 4.69) is 10.1 Å². The van der Waals surface area contributed by atoms with Gasteiger partial charge in [-0.2, -0.15) is 5.10 Å². The molecule has 0 bridgehead atoms. The lowest BCUT2D eigenvalue weighted by Gasteiger charge is -2.23. The summed E-state index contributed by atoms with van der Waals surface area (Å²) in [6, 6.07) is 3.42. The molecule has 0 saturated carbocycles. The number of hydrogen-bond acceptors (Lipinski definition) is 6. The molecule has 2 heterocycles. The highest BCUT2D eigenvalue weighted by Gasteiger charge is 2.31. The van der Waals surface area contributed by atoms with Crippen LogP contribution in [0.5, 0.6) is 0 Å². The van der Waals surface area contributed by atoms with Gasteiger partial charge in [0.05, 0.1) is 22.9 Å². The summed E-state index contributed by atoms with van der Waals surface area (Å²) in [5, 5.41) is 3.87. The fourth-order valence-electron chi connectivity index (χ4n) is 3.41. The molecule has 0 fully saturated rings. The quantitative estimate of drug-likeness (QED) is 0.572. The molecule has 0 aliphatic heterocycles. The van der Waals surface area contributed by atoms with Crippen LogP contribution in [0.2, 0.25) is 0 Å². The summed E-state index contributed by atoms with van der Waals surface area (Å²) >= 11 is 0. The van der Waals surface area contributed by atoms with Gasteiger partial charge < -0.3 is 4.98 Å². The van der Waals surface area contributed by atoms with E-state index in [1.807, 2.05) is 0 Å². The van der Waals surface area contributed by atoms with Crippen molar-refractivity contribution in [3.63, 3.8) is 0 Å². The van der Waals surface area contributed by atoms with Gasteiger partial charge in [0.2, 0.25) is 0 Å². The number of hydrogen-bond donors (Lipinski definition) is 1. The van der Waals surface area contributed by atoms with Crippen molar-refractivity contribution in [2.75, 3.05) is 10.7 Å². The fraction of sp³-hybridized carbons (Fsp3) is 0.400. The zero-order valence-electron chi connectivity index (χ0n) is 18.5. The van der Waals surface area contributed by atoms with Gasteiger partial charge >= 0.3 is 5.69 Å². The minimum absolute atomic E-state index is 0.0134. The number of aromatic amines is 1. The van der Waals surface area contributed by atoms with Crippen LogP contribution in [0, 0.1) is 5.92 Å². The van der Waals surface area contributed by atoms with Crippen molar-refractivity contribution >= 4 is 26.8 Å². The fourth-order valence-corrected chi connectivity index (χ4v) is 4.39. The second-order valence-electron chi connectivity index (χ2n) is 8.09. The smallest absolute Gasteiger partial charge is 0.305 e. The molecule has 0 radical (unpaired) electrons. The van der Waals surface area contributed by atoms with Gasteiger partial charge in [-0.1, -0.05) is 13.8 Å². The van der Waals surface area contributed by atoms with Crippen LogP contribution in [0.1, 0.15) is 45.7 Å². The van der Waals surface area contributed by atoms with Crippen molar-refractivity contribution in [1.82, 2.24) is 19.4 Å². The number of amides is 1. The summed E-state index contributed by atoms with van der Waals surface area (Å²) in [4.78, 5) is 40.7. The maximum absolute atomic E-state index is 13.9. The molecule has 0 spiro atoms. The van der Waals surface area contributed by atoms with E-state index >= 15 is 0 Å². The van der Waals surface area contributed by atoms with Crippen molar-refractivity contribution in [2.45, 2.75) is 40.2 Å². The van der Waals surface area contributed by atoms with E-state index in [1.165, 1.54) is 30.8 Å². The minimum Gasteiger partial charge on any atom is -0.305 e. The van der Waals surface area contributed by atoms with Crippen LogP contribution >= 0.6 is 0 Å². The van der Waals surface area contributed by atoms with E-state index < -0.39 is 45.1 Å². The predicted octanol–water partition coefficient (Wildman–Crippen LogP) is 2.15. The monoisotopic (exact) mass is 483 g/mol. The van der Waals surface area contributed by atoms with Crippen molar-refractivity contribution in [3.8, 4) is 11.3 Å². The summed E-state index contributed by atoms with van der Waals surface area (Å²) in [6.07, 6.45) is -0.844. The normalized spacial score (nSPS) is 12.3. The maximum Gasteiger partial charge on any atom is 0.349 e. The third-order valence-electron chi connectivity index (χ3n) is 4.90. The summed E-state index contributed by atoms with van der Waals surface area (Å²) in [7, 11) is -4.38. The van der Waals surface area contributed by atoms with Gasteiger partial charge in [-0.3, -0.25) is 14.3 Å². The van der Waals surface area contributed by atoms with Crippen LogP contribution in [-0.4, -0.2) is 40.0 Å². The third-order valence-corrected chi connectivity index (χ3v) is 5.87. The summed E-state index contributed by atoms with van der Waals surface area (Å²) in [6.45, 7) is 6.40. The highest BCUT2D eigenvalue weighted by Crippen LogP contribution is 2.34. The molecule has 0 aliphatic rings. The van der Waals surface area contributed by atoms with E-state index in [9.17, 15) is 31.6 Å². The lowest BCUT2D eigenvalue weighted by Crippen LogP contribution is -2.56. The van der Waals surface area contributed by atoms with Gasteiger partial charge in [0.1, 0.15) is 0 Å². The van der Waals surface area contributed by atoms with Crippen LogP contribution < -0.4 is 15.7 Å². The van der Waals surface area contributed by atoms with Gasteiger partial charge in [-0.15, -0.1) is 9.09 Å². The highest BCUT2D eigenvalue weighted by molar-refractivity contribution is 7.92. The number of H-pyrrole nitrogens is 1. The Hall–Kier alpha value is -3.35. The standard InChI is InChI=1S/C20H23F2N5O5S/c1-10(2)18(28)27(33(5,31)32)26-19(29)14-8-12(16-6-7-23-25(16)11(3)4)13(17(21)22)9-15(14)24-20(26)30/h6-11,17H,1-5H3,(H,24,30). The molecule has 0 unspecified atom stereocenters. The van der Waals surface area contributed by atoms with Crippen molar-refractivity contribution in [1.29, 1.82) is 0 Å². The molecule has 1 amide bonds. The Labute approximate surface area is 187 Å². The first-order chi connectivity index (χ1) is 15.3. The number of nitrogens with one attached hydrogen (secondary N) is 1. The molecule has 2 aromatic heterocycles. The first-order valence-corrected chi connectivity index (χ1v) is 11.8. The van der Waals surface area contributed by atoms with E-state index in [0.717, 1.165) is 12.1 Å². The molecule has 0 atom stereocenters. The first-order valence-electron chi connectivity index (χ1n) is 9.95. The number of alkyl halides is 2. The molecule has 3 aromatic rings. The van der Waals surface area contributed by atoms with Crippen molar-refractivity contribution in [2.24, 2.45) is 5.92 Å². The second-order valence-corrected chi connectivity index (χ2v) is 9.90. The number of fused-ring (bicyclic) bond motifs is 1. The number of benzene rings is 1. The van der Waals surface area contributed by atoms with Crippen LogP contribution in [-0.2, 0) is 14.8 Å². The number of sulfonamides is 1. The molecule has 3 rings (SSSR count). The van der Waals surface area contributed by atoms with E-state index in [-0.39, 0.29) is 31.6 Å². The maximum atomic E-state index is 13.9. The Morgan fingerprint density at radius 2 is 1.79 bits per heavy atom. The van der Waals surface area contributed by atoms with Gasteiger partial charge in [-0.05, 0) is 32.0 Å². The SMILES string of the molecule is CC(C)C(=O)N(n1c(=O)[nH]c2cc(C(F)F)c(-c3ccnn3C(C)C)cc2c1=O)S(C)(=O)=O. The molecular weight excluding hydrogens is 460 g/mol. The Balaban J connectivity index is 2.44. The number of carbonyl (C=O) groups excluding carboxylic acids is 1. The van der Waals surface area contributed by atoms with Crippen LogP contribution in [0.25, 0.3) is 22.2 Å². The number of rotatable bonds is 6. The predicted molar refractivity (Wildman–Crippen MR) is 118 cm³/mol. The molecule has 10 nitrogen and oxygen atoms in total. The minimum atomic E-state index is -4.38. The Bertz CT molecular complexity index is 1450. The zero-order valence-corrected chi connectivity index (χ0v) is 19.4. The molecule has 1 aromatic carbocycles. The summed E-state index contributed by atoms with van der Waals surface area (Å²) in [5.41, 5.74) is -2.78. The average Bonchev–Trinajstić information content (AvgIpc) is 3.18. The molecule has 1 N–H and O–H groups in total. The molecule has 0 saturated heterocycles. The van der Waals surface area contributed by atoms with Crippen molar-refractivity contribution in [3.05, 3.63) is 50.8 Å². The van der Waals surface area contributed by atoms with Gasteiger partial charge in [0.15, 0.2) is 0 Å². The molecule has 13 heteroatoms. The molecule has 178 valence electrons. The zero-order chi connectivity index (χ0) is 24.8. The molecule has 0 aliphatic carbocycles. The summed E-state index contributed by atoms with van der Waals surface area (Å²) < 4.78 is 54.2. The number of nitrogens with zero attached hydrogens (tertiary/aromatic N) is 4. The van der Waals surface area contributed by atoms with Crippen LogP contribution in [0.15, 0.2) is 34.0 Å². The summed E-state index contributed by atoms with van der Waals surface area (Å²) in [5.74, 6) is -1.87. The largest absolute Gasteiger partial charge is 0.349 e.